The van der Waals surface area contributed by atoms with E-state index in [0.717, 1.165) is 0 Å². The summed E-state index contributed by atoms with van der Waals surface area (Å²) in [5.41, 5.74) is 2.13. The molecule has 0 atom stereocenters. The van der Waals surface area contributed by atoms with E-state index < -0.39 is 6.03 Å². The molecule has 0 heterocycles. The Hall–Kier alpha value is -1.70. The smallest absolute Gasteiger partial charge is 0.323 e. The van der Waals surface area contributed by atoms with E-state index in [1.54, 1.807) is 30.3 Å². The Balaban J connectivity index is 2.15. The molecule has 2 amide bonds. The van der Waals surface area contributed by atoms with Gasteiger partial charge in [0.15, 0.2) is 0 Å². The second-order valence-electron chi connectivity index (χ2n) is 5.35. The van der Waals surface area contributed by atoms with Gasteiger partial charge in [0.05, 0.1) is 6.61 Å². The predicted molar refractivity (Wildman–Crippen MR) is 107 cm³/mol. The topological polar surface area (TPSA) is 93.6 Å². The van der Waals surface area contributed by atoms with Crippen LogP contribution in [0, 0.1) is 0 Å². The second kappa shape index (κ2) is 9.85. The maximum absolute atomic E-state index is 12.3. The number of nitrogens with one attached hydrogen (secondary N) is 3. The lowest BCUT2D eigenvalue weighted by Crippen LogP contribution is -2.20. The lowest BCUT2D eigenvalue weighted by molar-refractivity contribution is 0.262. The van der Waals surface area contributed by atoms with Crippen LogP contribution < -0.4 is 16.0 Å². The van der Waals surface area contributed by atoms with Crippen LogP contribution in [0.2, 0.25) is 15.1 Å². The molecule has 0 aliphatic rings. The fourth-order valence-electron chi connectivity index (χ4n) is 2.33. The highest BCUT2D eigenvalue weighted by atomic mass is 35.5. The monoisotopic (exact) mass is 417 g/mol. The summed E-state index contributed by atoms with van der Waals surface area (Å²) in [7, 11) is 0. The average Bonchev–Trinajstić information content (AvgIpc) is 2.55. The number of urea groups is 1. The van der Waals surface area contributed by atoms with Crippen molar-refractivity contribution in [3.63, 3.8) is 0 Å². The van der Waals surface area contributed by atoms with E-state index in [2.05, 4.69) is 16.0 Å². The Morgan fingerprint density at radius 1 is 0.885 bits per heavy atom. The summed E-state index contributed by atoms with van der Waals surface area (Å²) in [5.74, 6) is 0. The molecule has 0 saturated carbocycles. The van der Waals surface area contributed by atoms with E-state index in [0.29, 0.717) is 44.2 Å². The summed E-state index contributed by atoms with van der Waals surface area (Å²) in [5, 5.41) is 27.5. The fourth-order valence-corrected chi connectivity index (χ4v) is 3.15. The molecule has 0 bridgehead atoms. The highest BCUT2D eigenvalue weighted by Crippen LogP contribution is 2.30. The molecule has 0 aliphatic heterocycles. The summed E-state index contributed by atoms with van der Waals surface area (Å²) in [6, 6.07) is 7.54. The summed E-state index contributed by atoms with van der Waals surface area (Å²) in [4.78, 5) is 12.3. The zero-order chi connectivity index (χ0) is 19.1. The number of anilines is 3. The highest BCUT2D eigenvalue weighted by molar-refractivity contribution is 6.35. The molecule has 0 fully saturated rings. The van der Waals surface area contributed by atoms with Crippen LogP contribution in [-0.4, -0.2) is 36.0 Å². The number of hydrogen-bond donors (Lipinski definition) is 5. The molecule has 26 heavy (non-hydrogen) atoms. The number of amides is 2. The zero-order valence-corrected chi connectivity index (χ0v) is 15.9. The summed E-state index contributed by atoms with van der Waals surface area (Å²) < 4.78 is 0. The number of carbonyl (C=O) groups excluding carboxylic acids is 1. The molecule has 0 radical (unpaired) electrons. The van der Waals surface area contributed by atoms with Gasteiger partial charge in [0.2, 0.25) is 0 Å². The fraction of sp³-hybridized carbons (Fsp3) is 0.235. The van der Waals surface area contributed by atoms with Crippen molar-refractivity contribution < 1.29 is 15.0 Å². The highest BCUT2D eigenvalue weighted by Gasteiger charge is 2.12. The third-order valence-corrected chi connectivity index (χ3v) is 4.14. The number of aliphatic hydroxyl groups excluding tert-OH is 2. The Morgan fingerprint density at radius 2 is 1.58 bits per heavy atom. The Bertz CT molecular complexity index is 787. The number of halogens is 3. The first-order chi connectivity index (χ1) is 12.4. The van der Waals surface area contributed by atoms with Gasteiger partial charge in [0.25, 0.3) is 0 Å². The molecule has 9 heteroatoms. The van der Waals surface area contributed by atoms with Crippen molar-refractivity contribution in [1.29, 1.82) is 0 Å². The minimum absolute atomic E-state index is 0.0288. The van der Waals surface area contributed by atoms with E-state index in [9.17, 15) is 9.90 Å². The van der Waals surface area contributed by atoms with E-state index in [-0.39, 0.29) is 19.6 Å². The second-order valence-corrected chi connectivity index (χ2v) is 6.63. The standard InChI is InChI=1S/C17H18Cl3N3O3/c18-10-5-12(21-2-4-25)9-13(6-10)22-17(26)23-16-8-11(19)7-15(20)14(16)1-3-24/h5-9,21,24-25H,1-4H2,(H2,22,23,26). The van der Waals surface area contributed by atoms with Gasteiger partial charge in [-0.25, -0.2) is 4.79 Å². The van der Waals surface area contributed by atoms with Crippen LogP contribution in [0.1, 0.15) is 5.56 Å². The van der Waals surface area contributed by atoms with Gasteiger partial charge in [-0.1, -0.05) is 34.8 Å². The third-order valence-electron chi connectivity index (χ3n) is 3.37. The maximum Gasteiger partial charge on any atom is 0.323 e. The molecular formula is C17H18Cl3N3O3. The number of hydrogen-bond acceptors (Lipinski definition) is 4. The van der Waals surface area contributed by atoms with Crippen LogP contribution in [0.25, 0.3) is 0 Å². The molecule has 2 aromatic carbocycles. The third kappa shape index (κ3) is 5.93. The van der Waals surface area contributed by atoms with Gasteiger partial charge in [-0.05, 0) is 42.3 Å². The van der Waals surface area contributed by atoms with Crippen LogP contribution in [0.15, 0.2) is 30.3 Å². The first-order valence-electron chi connectivity index (χ1n) is 7.75. The van der Waals surface area contributed by atoms with Crippen LogP contribution >= 0.6 is 34.8 Å². The maximum atomic E-state index is 12.3. The van der Waals surface area contributed by atoms with Crippen molar-refractivity contribution in [1.82, 2.24) is 0 Å². The van der Waals surface area contributed by atoms with Crippen LogP contribution in [0.3, 0.4) is 0 Å². The van der Waals surface area contributed by atoms with Crippen LogP contribution in [-0.2, 0) is 6.42 Å². The minimum atomic E-state index is -0.516. The van der Waals surface area contributed by atoms with Crippen molar-refractivity contribution in [2.24, 2.45) is 0 Å². The molecule has 2 rings (SSSR count). The van der Waals surface area contributed by atoms with Gasteiger partial charge in [0, 0.05) is 45.3 Å². The molecule has 0 spiro atoms. The predicted octanol–water partition coefficient (Wildman–Crippen LogP) is 4.23. The van der Waals surface area contributed by atoms with Gasteiger partial charge in [-0.3, -0.25) is 0 Å². The molecule has 140 valence electrons. The van der Waals surface area contributed by atoms with Gasteiger partial charge in [-0.15, -0.1) is 0 Å². The summed E-state index contributed by atoms with van der Waals surface area (Å²) >= 11 is 18.2. The minimum Gasteiger partial charge on any atom is -0.396 e. The number of benzene rings is 2. The van der Waals surface area contributed by atoms with E-state index in [1.165, 1.54) is 0 Å². The van der Waals surface area contributed by atoms with Crippen LogP contribution in [0.4, 0.5) is 21.9 Å². The Kier molecular flexibility index (Phi) is 7.81. The van der Waals surface area contributed by atoms with E-state index in [4.69, 9.17) is 39.9 Å². The van der Waals surface area contributed by atoms with Crippen molar-refractivity contribution in [2.75, 3.05) is 35.7 Å². The molecule has 0 saturated heterocycles. The molecule has 2 aromatic rings. The van der Waals surface area contributed by atoms with Gasteiger partial charge < -0.3 is 26.2 Å². The van der Waals surface area contributed by atoms with E-state index in [1.807, 2.05) is 0 Å². The molecule has 0 aliphatic carbocycles. The molecule has 0 aromatic heterocycles. The zero-order valence-electron chi connectivity index (χ0n) is 13.7. The Labute approximate surface area is 166 Å². The molecular weight excluding hydrogens is 401 g/mol. The number of aliphatic hydroxyl groups is 2. The quantitative estimate of drug-likeness (QED) is 0.465. The van der Waals surface area contributed by atoms with Gasteiger partial charge >= 0.3 is 6.03 Å². The lowest BCUT2D eigenvalue weighted by Gasteiger charge is -2.14. The average molecular weight is 419 g/mol. The molecule has 5 N–H and O–H groups in total. The van der Waals surface area contributed by atoms with Crippen molar-refractivity contribution in [3.8, 4) is 0 Å². The normalized spacial score (nSPS) is 10.5. The van der Waals surface area contributed by atoms with Crippen molar-refractivity contribution >= 4 is 57.9 Å². The summed E-state index contributed by atoms with van der Waals surface area (Å²) in [6.07, 6.45) is 0.276. The van der Waals surface area contributed by atoms with Gasteiger partial charge in [-0.2, -0.15) is 0 Å². The van der Waals surface area contributed by atoms with Gasteiger partial charge in [0.1, 0.15) is 0 Å². The first kappa shape index (κ1) is 20.6. The van der Waals surface area contributed by atoms with Crippen molar-refractivity contribution in [2.45, 2.75) is 6.42 Å². The van der Waals surface area contributed by atoms with Crippen molar-refractivity contribution in [3.05, 3.63) is 51.0 Å². The number of rotatable bonds is 7. The largest absolute Gasteiger partial charge is 0.396 e. The summed E-state index contributed by atoms with van der Waals surface area (Å²) in [6.45, 7) is 0.211. The molecule has 6 nitrogen and oxygen atoms in total. The van der Waals surface area contributed by atoms with E-state index >= 15 is 0 Å². The number of carbonyl (C=O) groups is 1. The molecule has 0 unspecified atom stereocenters. The first-order valence-corrected chi connectivity index (χ1v) is 8.88. The Morgan fingerprint density at radius 3 is 2.27 bits per heavy atom. The lowest BCUT2D eigenvalue weighted by atomic mass is 10.1. The SMILES string of the molecule is O=C(Nc1cc(Cl)cc(NCCO)c1)Nc1cc(Cl)cc(Cl)c1CCO. The van der Waals surface area contributed by atoms with Crippen LogP contribution in [0.5, 0.6) is 0 Å².